The van der Waals surface area contributed by atoms with Gasteiger partial charge in [0.05, 0.1) is 18.4 Å². The average molecular weight is 458 g/mol. The fourth-order valence-electron chi connectivity index (χ4n) is 6.05. The van der Waals surface area contributed by atoms with Crippen LogP contribution in [0.3, 0.4) is 0 Å². The maximum Gasteiger partial charge on any atom is 0.206 e. The molecule has 0 aromatic carbocycles. The predicted molar refractivity (Wildman–Crippen MR) is 129 cm³/mol. The molecule has 1 aromatic rings. The largest absolute Gasteiger partial charge is 0.505 e. The second kappa shape index (κ2) is 9.90. The fraction of sp³-hybridized carbons (Fsp3) is 0.593. The zero-order valence-corrected chi connectivity index (χ0v) is 20.5. The van der Waals surface area contributed by atoms with Crippen LogP contribution in [0.1, 0.15) is 69.4 Å². The molecule has 0 spiro atoms. The van der Waals surface area contributed by atoms with Crippen molar-refractivity contribution in [3.8, 4) is 11.6 Å². The first kappa shape index (κ1) is 25.3. The van der Waals surface area contributed by atoms with Crippen molar-refractivity contribution in [2.24, 2.45) is 36.1 Å². The van der Waals surface area contributed by atoms with E-state index in [0.29, 0.717) is 12.3 Å². The Morgan fingerprint density at radius 3 is 2.61 bits per heavy atom. The molecule has 0 radical (unpaired) electrons. The van der Waals surface area contributed by atoms with E-state index in [2.05, 4.69) is 19.9 Å². The van der Waals surface area contributed by atoms with E-state index >= 15 is 0 Å². The van der Waals surface area contributed by atoms with E-state index in [1.54, 1.807) is 6.92 Å². The van der Waals surface area contributed by atoms with Crippen LogP contribution in [0.5, 0.6) is 11.6 Å². The third-order valence-electron chi connectivity index (χ3n) is 7.90. The van der Waals surface area contributed by atoms with Crippen molar-refractivity contribution in [1.82, 2.24) is 4.57 Å². The van der Waals surface area contributed by atoms with Gasteiger partial charge in [-0.05, 0) is 50.9 Å². The Kier molecular flexibility index (Phi) is 7.59. The van der Waals surface area contributed by atoms with Gasteiger partial charge >= 0.3 is 0 Å². The zero-order valence-electron chi connectivity index (χ0n) is 20.5. The van der Waals surface area contributed by atoms with Crippen molar-refractivity contribution < 1.29 is 25.2 Å². The van der Waals surface area contributed by atoms with Gasteiger partial charge in [-0.2, -0.15) is 0 Å². The minimum absolute atomic E-state index is 0.0811. The summed E-state index contributed by atoms with van der Waals surface area (Å²) in [5.41, 5.74) is 0.281. The summed E-state index contributed by atoms with van der Waals surface area (Å²) in [5.74, 6) is -0.197. The number of rotatable bonds is 7. The molecule has 1 aromatic heterocycles. The van der Waals surface area contributed by atoms with Crippen LogP contribution in [0.2, 0.25) is 0 Å². The number of aliphatic hydroxyl groups is 2. The van der Waals surface area contributed by atoms with E-state index in [0.717, 1.165) is 24.8 Å². The highest BCUT2D eigenvalue weighted by molar-refractivity contribution is 6.06. The summed E-state index contributed by atoms with van der Waals surface area (Å²) < 4.78 is 1.28. The highest BCUT2D eigenvalue weighted by atomic mass is 16.3. The van der Waals surface area contributed by atoms with Gasteiger partial charge < -0.3 is 25.0 Å². The zero-order chi connectivity index (χ0) is 24.5. The molecule has 0 bridgehead atoms. The summed E-state index contributed by atoms with van der Waals surface area (Å²) in [6.07, 6.45) is 13.2. The predicted octanol–water partition coefficient (Wildman–Crippen LogP) is 4.63. The lowest BCUT2D eigenvalue weighted by Gasteiger charge is -2.51. The van der Waals surface area contributed by atoms with Crippen molar-refractivity contribution in [2.75, 3.05) is 0 Å². The van der Waals surface area contributed by atoms with Crippen LogP contribution in [0.25, 0.3) is 0 Å². The van der Waals surface area contributed by atoms with Crippen molar-refractivity contribution in [3.63, 3.8) is 0 Å². The third-order valence-corrected chi connectivity index (χ3v) is 7.90. The van der Waals surface area contributed by atoms with E-state index in [1.165, 1.54) is 11.6 Å². The number of aromatic hydroxyl groups is 2. The lowest BCUT2D eigenvalue weighted by molar-refractivity contribution is 0.0326. The molecule has 6 nitrogen and oxygen atoms in total. The minimum Gasteiger partial charge on any atom is -0.505 e. The average Bonchev–Trinajstić information content (AvgIpc) is 2.96. The molecule has 6 atom stereocenters. The monoisotopic (exact) mass is 457 g/mol. The van der Waals surface area contributed by atoms with Crippen LogP contribution < -0.4 is 0 Å². The van der Waals surface area contributed by atoms with Gasteiger partial charge in [-0.1, -0.05) is 56.2 Å². The van der Waals surface area contributed by atoms with Crippen molar-refractivity contribution in [3.05, 3.63) is 47.2 Å². The molecule has 182 valence electrons. The number of carbonyl (C=O) groups is 1. The molecule has 0 saturated heterocycles. The molecule has 1 fully saturated rings. The van der Waals surface area contributed by atoms with Crippen LogP contribution in [0, 0.1) is 29.1 Å². The molecule has 1 heterocycles. The number of hydrogen-bond acceptors (Lipinski definition) is 5. The molecule has 2 aliphatic carbocycles. The van der Waals surface area contributed by atoms with Crippen LogP contribution in [-0.2, 0) is 13.7 Å². The lowest BCUT2D eigenvalue weighted by Crippen LogP contribution is -2.49. The highest BCUT2D eigenvalue weighted by Crippen LogP contribution is 2.57. The SMILES string of the molecule is CC1=CC2CC(C)CCC2C(C)(C(=O)c2c(O)c(CO)n(C)c2O)C1C=CC=CCC(C)O. The maximum atomic E-state index is 14.2. The van der Waals surface area contributed by atoms with Gasteiger partial charge in [0, 0.05) is 18.4 Å². The Bertz CT molecular complexity index is 970. The molecule has 1 saturated carbocycles. The third kappa shape index (κ3) is 4.56. The van der Waals surface area contributed by atoms with Gasteiger partial charge in [0.15, 0.2) is 11.5 Å². The molecule has 0 amide bonds. The Morgan fingerprint density at radius 2 is 2.00 bits per heavy atom. The maximum absolute atomic E-state index is 14.2. The standard InChI is InChI=1S/C27H39NO5/c1-16-11-12-21-19(13-16)14-17(2)20(10-8-6-7-9-18(3)30)27(21,4)25(32)23-24(31)22(15-29)28(5)26(23)33/h6-8,10,14,16,18-21,29-31,33H,9,11-13,15H2,1-5H3. The van der Waals surface area contributed by atoms with E-state index in [-0.39, 0.29) is 46.4 Å². The lowest BCUT2D eigenvalue weighted by atomic mass is 9.51. The molecule has 0 aliphatic heterocycles. The number of hydrogen-bond donors (Lipinski definition) is 4. The quantitative estimate of drug-likeness (QED) is 0.272. The Labute approximate surface area is 197 Å². The molecule has 6 unspecified atom stereocenters. The van der Waals surface area contributed by atoms with Crippen LogP contribution >= 0.6 is 0 Å². The Hall–Kier alpha value is -2.31. The Balaban J connectivity index is 2.10. The molecular formula is C27H39NO5. The van der Waals surface area contributed by atoms with E-state index in [9.17, 15) is 25.2 Å². The van der Waals surface area contributed by atoms with Crippen molar-refractivity contribution >= 4 is 5.78 Å². The molecule has 4 N–H and O–H groups in total. The first-order valence-corrected chi connectivity index (χ1v) is 12.0. The van der Waals surface area contributed by atoms with Gasteiger partial charge in [-0.25, -0.2) is 0 Å². The molecule has 3 rings (SSSR count). The van der Waals surface area contributed by atoms with Gasteiger partial charge in [0.1, 0.15) is 5.56 Å². The van der Waals surface area contributed by atoms with Gasteiger partial charge in [0.25, 0.3) is 0 Å². The second-order valence-corrected chi connectivity index (χ2v) is 10.3. The molecule has 33 heavy (non-hydrogen) atoms. The number of ketones is 1. The smallest absolute Gasteiger partial charge is 0.206 e. The molecule has 2 aliphatic rings. The highest BCUT2D eigenvalue weighted by Gasteiger charge is 2.54. The summed E-state index contributed by atoms with van der Waals surface area (Å²) in [6, 6.07) is 0. The van der Waals surface area contributed by atoms with Crippen LogP contribution in [0.15, 0.2) is 36.0 Å². The number of Topliss-reactive ketones (excluding diaryl/α,β-unsaturated/α-hetero) is 1. The van der Waals surface area contributed by atoms with E-state index in [4.69, 9.17) is 0 Å². The fourth-order valence-corrected chi connectivity index (χ4v) is 6.05. The summed E-state index contributed by atoms with van der Waals surface area (Å²) in [4.78, 5) is 14.2. The number of aliphatic hydroxyl groups excluding tert-OH is 2. The second-order valence-electron chi connectivity index (χ2n) is 10.3. The summed E-state index contributed by atoms with van der Waals surface area (Å²) in [7, 11) is 1.53. The van der Waals surface area contributed by atoms with Crippen molar-refractivity contribution in [1.29, 1.82) is 0 Å². The van der Waals surface area contributed by atoms with Crippen LogP contribution in [-0.4, -0.2) is 36.9 Å². The van der Waals surface area contributed by atoms with Crippen molar-refractivity contribution in [2.45, 2.75) is 66.1 Å². The number of allylic oxidation sites excluding steroid dienone is 5. The Morgan fingerprint density at radius 1 is 1.30 bits per heavy atom. The first-order valence-electron chi connectivity index (χ1n) is 12.0. The minimum atomic E-state index is -0.860. The van der Waals surface area contributed by atoms with Gasteiger partial charge in [-0.3, -0.25) is 4.79 Å². The number of aromatic nitrogens is 1. The van der Waals surface area contributed by atoms with Gasteiger partial charge in [0.2, 0.25) is 5.88 Å². The van der Waals surface area contributed by atoms with Crippen LogP contribution in [0.4, 0.5) is 0 Å². The number of carbonyl (C=O) groups excluding carboxylic acids is 1. The molecular weight excluding hydrogens is 418 g/mol. The normalized spacial score (nSPS) is 31.1. The summed E-state index contributed by atoms with van der Waals surface area (Å²) in [5, 5.41) is 40.6. The first-order chi connectivity index (χ1) is 15.5. The molecule has 6 heteroatoms. The van der Waals surface area contributed by atoms with Gasteiger partial charge in [-0.15, -0.1) is 0 Å². The summed E-state index contributed by atoms with van der Waals surface area (Å²) in [6.45, 7) is 7.54. The number of fused-ring (bicyclic) bond motifs is 1. The number of nitrogens with zero attached hydrogens (tertiary/aromatic N) is 1. The van der Waals surface area contributed by atoms with E-state index in [1.807, 2.05) is 31.2 Å². The topological polar surface area (TPSA) is 103 Å². The summed E-state index contributed by atoms with van der Waals surface area (Å²) >= 11 is 0. The van der Waals surface area contributed by atoms with E-state index < -0.39 is 18.1 Å².